The van der Waals surface area contributed by atoms with Gasteiger partial charge in [0, 0.05) is 36.9 Å². The van der Waals surface area contributed by atoms with Crippen LogP contribution in [0.25, 0.3) is 0 Å². The molecule has 2 heterocycles. The molecular formula is C21H29ClN4O2. The van der Waals surface area contributed by atoms with Crippen molar-refractivity contribution < 1.29 is 9.53 Å². The zero-order valence-electron chi connectivity index (χ0n) is 16.6. The van der Waals surface area contributed by atoms with E-state index in [1.807, 2.05) is 24.3 Å². The summed E-state index contributed by atoms with van der Waals surface area (Å²) < 4.78 is 7.20. The first kappa shape index (κ1) is 20.8. The molecule has 3 rings (SSSR count). The highest BCUT2D eigenvalue weighted by atomic mass is 35.5. The maximum atomic E-state index is 12.6. The van der Waals surface area contributed by atoms with Crippen molar-refractivity contribution in [3.63, 3.8) is 0 Å². The van der Waals surface area contributed by atoms with E-state index in [4.69, 9.17) is 16.3 Å². The Morgan fingerprint density at radius 2 is 2.04 bits per heavy atom. The van der Waals surface area contributed by atoms with Crippen molar-refractivity contribution >= 4 is 17.5 Å². The molecule has 1 atom stereocenters. The fourth-order valence-electron chi connectivity index (χ4n) is 3.53. The van der Waals surface area contributed by atoms with Crippen molar-refractivity contribution in [1.29, 1.82) is 0 Å². The average molecular weight is 405 g/mol. The lowest BCUT2D eigenvalue weighted by Gasteiger charge is -2.35. The maximum absolute atomic E-state index is 12.6. The van der Waals surface area contributed by atoms with E-state index >= 15 is 0 Å². The normalized spacial score (nSPS) is 16.3. The largest absolute Gasteiger partial charge is 0.379 e. The number of halogens is 1. The summed E-state index contributed by atoms with van der Waals surface area (Å²) in [6.45, 7) is 8.96. The molecule has 1 amide bonds. The van der Waals surface area contributed by atoms with Gasteiger partial charge < -0.3 is 10.1 Å². The second-order valence-electron chi connectivity index (χ2n) is 7.66. The molecule has 1 fully saturated rings. The molecule has 1 aliphatic heterocycles. The summed E-state index contributed by atoms with van der Waals surface area (Å²) >= 11 is 6.21. The fourth-order valence-corrected chi connectivity index (χ4v) is 3.72. The zero-order chi connectivity index (χ0) is 19.9. The Bertz CT molecular complexity index is 771. The number of nitrogens with zero attached hydrogens (tertiary/aromatic N) is 3. The number of hydrogen-bond acceptors (Lipinski definition) is 4. The maximum Gasteiger partial charge on any atom is 0.254 e. The van der Waals surface area contributed by atoms with Crippen LogP contribution >= 0.6 is 11.6 Å². The van der Waals surface area contributed by atoms with Crippen LogP contribution in [0.2, 0.25) is 5.02 Å². The first-order valence-corrected chi connectivity index (χ1v) is 10.3. The van der Waals surface area contributed by atoms with E-state index in [2.05, 4.69) is 29.2 Å². The lowest BCUT2D eigenvalue weighted by molar-refractivity contribution is 0.0124. The van der Waals surface area contributed by atoms with Crippen LogP contribution in [-0.4, -0.2) is 59.5 Å². The molecule has 28 heavy (non-hydrogen) atoms. The molecule has 0 bridgehead atoms. The first-order valence-electron chi connectivity index (χ1n) is 9.88. The number of morpholine rings is 1. The summed E-state index contributed by atoms with van der Waals surface area (Å²) in [5.41, 5.74) is 1.54. The molecule has 0 unspecified atom stereocenters. The van der Waals surface area contributed by atoms with Crippen LogP contribution in [0, 0.1) is 5.92 Å². The van der Waals surface area contributed by atoms with Gasteiger partial charge in [0.25, 0.3) is 5.91 Å². The van der Waals surface area contributed by atoms with Gasteiger partial charge >= 0.3 is 0 Å². The van der Waals surface area contributed by atoms with Crippen molar-refractivity contribution in [3.05, 3.63) is 52.8 Å². The molecular weight excluding hydrogens is 376 g/mol. The molecule has 0 aliphatic carbocycles. The molecule has 2 aromatic rings. The topological polar surface area (TPSA) is 59.4 Å². The summed E-state index contributed by atoms with van der Waals surface area (Å²) in [5.74, 6) is 0.482. The van der Waals surface area contributed by atoms with E-state index in [0.717, 1.165) is 38.3 Å². The Hall–Kier alpha value is -1.89. The number of carbonyl (C=O) groups excluding carboxylic acids is 1. The molecule has 1 aliphatic rings. The number of ether oxygens (including phenoxy) is 1. The molecule has 1 N–H and O–H groups in total. The van der Waals surface area contributed by atoms with Crippen LogP contribution in [-0.2, 0) is 11.3 Å². The van der Waals surface area contributed by atoms with E-state index < -0.39 is 0 Å². The molecule has 0 spiro atoms. The van der Waals surface area contributed by atoms with Gasteiger partial charge in [0.15, 0.2) is 0 Å². The predicted molar refractivity (Wildman–Crippen MR) is 111 cm³/mol. The van der Waals surface area contributed by atoms with E-state index in [9.17, 15) is 4.79 Å². The molecule has 7 heteroatoms. The van der Waals surface area contributed by atoms with E-state index in [1.165, 1.54) is 0 Å². The summed E-state index contributed by atoms with van der Waals surface area (Å²) in [4.78, 5) is 15.0. The average Bonchev–Trinajstić information content (AvgIpc) is 3.16. The predicted octanol–water partition coefficient (Wildman–Crippen LogP) is 3.06. The minimum atomic E-state index is -0.0903. The Morgan fingerprint density at radius 1 is 1.29 bits per heavy atom. The molecule has 152 valence electrons. The van der Waals surface area contributed by atoms with Gasteiger partial charge in [-0.2, -0.15) is 5.10 Å². The van der Waals surface area contributed by atoms with E-state index in [1.54, 1.807) is 17.1 Å². The van der Waals surface area contributed by atoms with Crippen LogP contribution in [0.5, 0.6) is 0 Å². The lowest BCUT2D eigenvalue weighted by atomic mass is 10.0. The van der Waals surface area contributed by atoms with Gasteiger partial charge in [-0.25, -0.2) is 0 Å². The Labute approximate surface area is 171 Å². The van der Waals surface area contributed by atoms with Crippen LogP contribution in [0.1, 0.15) is 36.2 Å². The number of aromatic nitrogens is 2. The Kier molecular flexibility index (Phi) is 7.48. The molecule has 0 radical (unpaired) electrons. The third kappa shape index (κ3) is 5.80. The van der Waals surface area contributed by atoms with Crippen LogP contribution < -0.4 is 5.32 Å². The summed E-state index contributed by atoms with van der Waals surface area (Å²) in [6, 6.07) is 7.98. The molecule has 1 saturated heterocycles. The van der Waals surface area contributed by atoms with Gasteiger partial charge in [0.1, 0.15) is 0 Å². The van der Waals surface area contributed by atoms with Crippen LogP contribution in [0.4, 0.5) is 0 Å². The number of benzene rings is 1. The third-order valence-corrected chi connectivity index (χ3v) is 5.36. The number of nitrogens with one attached hydrogen (secondary N) is 1. The number of amides is 1. The zero-order valence-corrected chi connectivity index (χ0v) is 17.4. The highest BCUT2D eigenvalue weighted by Crippen LogP contribution is 2.16. The molecule has 6 nitrogen and oxygen atoms in total. The first-order chi connectivity index (χ1) is 13.5. The van der Waals surface area contributed by atoms with Crippen molar-refractivity contribution in [2.45, 2.75) is 32.9 Å². The molecule has 0 saturated carbocycles. The van der Waals surface area contributed by atoms with Gasteiger partial charge in [0.2, 0.25) is 0 Å². The highest BCUT2D eigenvalue weighted by Gasteiger charge is 2.23. The summed E-state index contributed by atoms with van der Waals surface area (Å²) in [7, 11) is 0. The van der Waals surface area contributed by atoms with Gasteiger partial charge in [0.05, 0.1) is 31.5 Å². The summed E-state index contributed by atoms with van der Waals surface area (Å²) in [6.07, 6.45) is 4.43. The van der Waals surface area contributed by atoms with E-state index in [-0.39, 0.29) is 5.91 Å². The lowest BCUT2D eigenvalue weighted by Crippen LogP contribution is -2.49. The smallest absolute Gasteiger partial charge is 0.254 e. The second-order valence-corrected chi connectivity index (χ2v) is 8.07. The van der Waals surface area contributed by atoms with Crippen molar-refractivity contribution in [2.75, 3.05) is 32.8 Å². The van der Waals surface area contributed by atoms with E-state index in [0.29, 0.717) is 35.6 Å². The number of hydrogen-bond donors (Lipinski definition) is 1. The molecule has 1 aromatic heterocycles. The van der Waals surface area contributed by atoms with Gasteiger partial charge in [-0.05, 0) is 24.0 Å². The van der Waals surface area contributed by atoms with Crippen molar-refractivity contribution in [1.82, 2.24) is 20.0 Å². The number of carbonyl (C=O) groups is 1. The fraction of sp³-hybridized carbons (Fsp3) is 0.524. The minimum Gasteiger partial charge on any atom is -0.379 e. The number of rotatable bonds is 8. The highest BCUT2D eigenvalue weighted by molar-refractivity contribution is 6.31. The minimum absolute atomic E-state index is 0.0903. The van der Waals surface area contributed by atoms with Crippen LogP contribution in [0.3, 0.4) is 0 Å². The third-order valence-electron chi connectivity index (χ3n) is 4.99. The van der Waals surface area contributed by atoms with Crippen molar-refractivity contribution in [2.24, 2.45) is 5.92 Å². The van der Waals surface area contributed by atoms with Gasteiger partial charge in [-0.15, -0.1) is 0 Å². The Balaban J connectivity index is 1.57. The van der Waals surface area contributed by atoms with Crippen LogP contribution in [0.15, 0.2) is 36.7 Å². The monoisotopic (exact) mass is 404 g/mol. The standard InChI is InChI=1S/C21H29ClN4O2/c1-16(2)11-19(25-7-9-28-10-8-25)13-23-21(27)18-12-24-26(15-18)14-17-5-3-4-6-20(17)22/h3-6,12,15-16,19H,7-11,13-14H2,1-2H3,(H,23,27)/t19-/m0/s1. The summed E-state index contributed by atoms with van der Waals surface area (Å²) in [5, 5.41) is 8.10. The SMILES string of the molecule is CC(C)C[C@@H](CNC(=O)c1cnn(Cc2ccccc2Cl)c1)N1CCOCC1. The van der Waals surface area contributed by atoms with Gasteiger partial charge in [-0.1, -0.05) is 43.6 Å². The van der Waals surface area contributed by atoms with Crippen molar-refractivity contribution in [3.8, 4) is 0 Å². The molecule has 1 aromatic carbocycles. The quantitative estimate of drug-likeness (QED) is 0.734. The Morgan fingerprint density at radius 3 is 2.75 bits per heavy atom. The second kappa shape index (κ2) is 10.0. The van der Waals surface area contributed by atoms with Gasteiger partial charge in [-0.3, -0.25) is 14.4 Å².